The highest BCUT2D eigenvalue weighted by Gasteiger charge is 2.48. The van der Waals surface area contributed by atoms with Gasteiger partial charge in [0.05, 0.1) is 0 Å². The Bertz CT molecular complexity index is 399. The average molecular weight is 233 g/mol. The summed E-state index contributed by atoms with van der Waals surface area (Å²) in [5.41, 5.74) is 1.21. The molecule has 2 aliphatic heterocycles. The number of aliphatic hydroxyl groups excluding tert-OH is 1. The molecule has 2 N–H and O–H groups in total. The van der Waals surface area contributed by atoms with E-state index in [1.807, 2.05) is 6.07 Å². The maximum atomic E-state index is 9.30. The van der Waals surface area contributed by atoms with Crippen LogP contribution in [-0.4, -0.2) is 30.4 Å². The lowest BCUT2D eigenvalue weighted by Crippen LogP contribution is -2.47. The first kappa shape index (κ1) is 11.1. The Morgan fingerprint density at radius 1 is 1.29 bits per heavy atom. The summed E-state index contributed by atoms with van der Waals surface area (Å²) in [7, 11) is 0. The van der Waals surface area contributed by atoms with E-state index in [9.17, 15) is 5.11 Å². The van der Waals surface area contributed by atoms with Gasteiger partial charge < -0.3 is 15.2 Å². The van der Waals surface area contributed by atoms with Crippen LogP contribution >= 0.6 is 0 Å². The molecule has 0 saturated carbocycles. The molecular weight excluding hydrogens is 214 g/mol. The van der Waals surface area contributed by atoms with E-state index in [0.29, 0.717) is 5.92 Å². The van der Waals surface area contributed by atoms with Gasteiger partial charge in [0.1, 0.15) is 11.4 Å². The number of piperidine rings is 1. The minimum absolute atomic E-state index is 0.0718. The van der Waals surface area contributed by atoms with E-state index in [-0.39, 0.29) is 12.2 Å². The normalized spacial score (nSPS) is 25.6. The molecule has 0 radical (unpaired) electrons. The van der Waals surface area contributed by atoms with Crippen LogP contribution in [0.4, 0.5) is 0 Å². The van der Waals surface area contributed by atoms with Crippen LogP contribution in [0.3, 0.4) is 0 Å². The standard InChI is InChI=1S/C14H19NO2/c16-10-5-12-11-3-1-2-4-13(11)17-14(12)6-8-15-9-7-14/h1-4,12,15-16H,5-10H2/t12-/m1/s1. The number of fused-ring (bicyclic) bond motifs is 1. The molecule has 1 saturated heterocycles. The Morgan fingerprint density at radius 2 is 2.06 bits per heavy atom. The highest BCUT2D eigenvalue weighted by molar-refractivity contribution is 5.43. The zero-order valence-corrected chi connectivity index (χ0v) is 9.98. The van der Waals surface area contributed by atoms with Gasteiger partial charge in [0, 0.05) is 30.9 Å². The molecule has 0 aromatic heterocycles. The molecule has 0 unspecified atom stereocenters. The highest BCUT2D eigenvalue weighted by atomic mass is 16.5. The van der Waals surface area contributed by atoms with E-state index in [1.54, 1.807) is 0 Å². The van der Waals surface area contributed by atoms with Crippen molar-refractivity contribution in [2.75, 3.05) is 19.7 Å². The van der Waals surface area contributed by atoms with Crippen molar-refractivity contribution in [3.8, 4) is 5.75 Å². The zero-order chi connectivity index (χ0) is 11.7. The lowest BCUT2D eigenvalue weighted by Gasteiger charge is -2.38. The summed E-state index contributed by atoms with van der Waals surface area (Å²) in [6, 6.07) is 8.28. The molecule has 3 rings (SSSR count). The summed E-state index contributed by atoms with van der Waals surface area (Å²) in [5.74, 6) is 1.37. The van der Waals surface area contributed by atoms with Crippen molar-refractivity contribution < 1.29 is 9.84 Å². The van der Waals surface area contributed by atoms with Gasteiger partial charge in [0.2, 0.25) is 0 Å². The first-order valence-corrected chi connectivity index (χ1v) is 6.45. The van der Waals surface area contributed by atoms with Crippen LogP contribution < -0.4 is 10.1 Å². The SMILES string of the molecule is OCC[C@@H]1c2ccccc2OC12CCNCC2. The largest absolute Gasteiger partial charge is 0.486 e. The van der Waals surface area contributed by atoms with Gasteiger partial charge in [-0.1, -0.05) is 18.2 Å². The summed E-state index contributed by atoms with van der Waals surface area (Å²) < 4.78 is 6.25. The number of ether oxygens (including phenoxy) is 1. The molecule has 2 heterocycles. The van der Waals surface area contributed by atoms with Gasteiger partial charge in [0.25, 0.3) is 0 Å². The third-order valence-electron chi connectivity index (χ3n) is 4.11. The number of benzene rings is 1. The van der Waals surface area contributed by atoms with Gasteiger partial charge in [0.15, 0.2) is 0 Å². The van der Waals surface area contributed by atoms with E-state index < -0.39 is 0 Å². The molecule has 17 heavy (non-hydrogen) atoms. The lowest BCUT2D eigenvalue weighted by molar-refractivity contribution is 0.0280. The van der Waals surface area contributed by atoms with Crippen LogP contribution in [0.15, 0.2) is 24.3 Å². The molecule has 0 aliphatic carbocycles. The van der Waals surface area contributed by atoms with E-state index in [0.717, 1.165) is 38.1 Å². The van der Waals surface area contributed by atoms with Crippen molar-refractivity contribution in [2.45, 2.75) is 30.8 Å². The molecular formula is C14H19NO2. The second-order valence-electron chi connectivity index (χ2n) is 5.02. The predicted octanol–water partition coefficient (Wildman–Crippen LogP) is 1.67. The highest BCUT2D eigenvalue weighted by Crippen LogP contribution is 2.50. The molecule has 1 fully saturated rings. The van der Waals surface area contributed by atoms with Gasteiger partial charge in [-0.15, -0.1) is 0 Å². The van der Waals surface area contributed by atoms with Gasteiger partial charge >= 0.3 is 0 Å². The molecule has 92 valence electrons. The molecule has 3 nitrogen and oxygen atoms in total. The van der Waals surface area contributed by atoms with E-state index in [2.05, 4.69) is 23.5 Å². The quantitative estimate of drug-likeness (QED) is 0.816. The molecule has 1 aromatic rings. The number of nitrogens with one attached hydrogen (secondary N) is 1. The van der Waals surface area contributed by atoms with Crippen molar-refractivity contribution >= 4 is 0 Å². The minimum Gasteiger partial charge on any atom is -0.486 e. The topological polar surface area (TPSA) is 41.5 Å². The average Bonchev–Trinajstić information content (AvgIpc) is 2.65. The van der Waals surface area contributed by atoms with Crippen molar-refractivity contribution in [1.29, 1.82) is 0 Å². The predicted molar refractivity (Wildman–Crippen MR) is 66.3 cm³/mol. The molecule has 0 bridgehead atoms. The number of aliphatic hydroxyl groups is 1. The monoisotopic (exact) mass is 233 g/mol. The van der Waals surface area contributed by atoms with Crippen LogP contribution in [0.1, 0.15) is 30.7 Å². The van der Waals surface area contributed by atoms with Crippen LogP contribution in [0.2, 0.25) is 0 Å². The van der Waals surface area contributed by atoms with Crippen LogP contribution in [0.25, 0.3) is 0 Å². The van der Waals surface area contributed by atoms with Crippen molar-refractivity contribution in [3.63, 3.8) is 0 Å². The maximum Gasteiger partial charge on any atom is 0.123 e. The fourth-order valence-corrected chi connectivity index (χ4v) is 3.28. The fraction of sp³-hybridized carbons (Fsp3) is 0.571. The first-order chi connectivity index (χ1) is 8.36. The summed E-state index contributed by atoms with van der Waals surface area (Å²) in [6.07, 6.45) is 2.87. The third-order valence-corrected chi connectivity index (χ3v) is 4.11. The molecule has 1 spiro atoms. The van der Waals surface area contributed by atoms with Crippen molar-refractivity contribution in [2.24, 2.45) is 0 Å². The fourth-order valence-electron chi connectivity index (χ4n) is 3.28. The third kappa shape index (κ3) is 1.74. The molecule has 1 atom stereocenters. The summed E-state index contributed by atoms with van der Waals surface area (Å²) >= 11 is 0. The molecule has 3 heteroatoms. The van der Waals surface area contributed by atoms with Gasteiger partial charge in [-0.25, -0.2) is 0 Å². The summed E-state index contributed by atoms with van der Waals surface area (Å²) in [5, 5.41) is 12.7. The second kappa shape index (κ2) is 4.31. The Hall–Kier alpha value is -1.06. The zero-order valence-electron chi connectivity index (χ0n) is 9.98. The number of para-hydroxylation sites is 1. The number of hydrogen-bond acceptors (Lipinski definition) is 3. The Morgan fingerprint density at radius 3 is 2.82 bits per heavy atom. The van der Waals surface area contributed by atoms with E-state index >= 15 is 0 Å². The molecule has 0 amide bonds. The number of hydrogen-bond donors (Lipinski definition) is 2. The summed E-state index contributed by atoms with van der Waals surface area (Å²) in [4.78, 5) is 0. The Balaban J connectivity index is 1.96. The van der Waals surface area contributed by atoms with E-state index in [4.69, 9.17) is 4.74 Å². The minimum atomic E-state index is -0.0718. The smallest absolute Gasteiger partial charge is 0.123 e. The van der Waals surface area contributed by atoms with Gasteiger partial charge in [-0.05, 0) is 25.6 Å². The number of rotatable bonds is 2. The lowest BCUT2D eigenvalue weighted by atomic mass is 9.76. The van der Waals surface area contributed by atoms with Crippen LogP contribution in [0.5, 0.6) is 5.75 Å². The van der Waals surface area contributed by atoms with Crippen molar-refractivity contribution in [1.82, 2.24) is 5.32 Å². The molecule has 2 aliphatic rings. The summed E-state index contributed by atoms with van der Waals surface area (Å²) in [6.45, 7) is 2.25. The van der Waals surface area contributed by atoms with Crippen LogP contribution in [0, 0.1) is 0 Å². The second-order valence-corrected chi connectivity index (χ2v) is 5.02. The Labute approximate surface area is 102 Å². The van der Waals surface area contributed by atoms with Crippen LogP contribution in [-0.2, 0) is 0 Å². The Kier molecular flexibility index (Phi) is 2.81. The van der Waals surface area contributed by atoms with Gasteiger partial charge in [-0.2, -0.15) is 0 Å². The maximum absolute atomic E-state index is 9.30. The van der Waals surface area contributed by atoms with E-state index in [1.165, 1.54) is 5.56 Å². The molecule has 1 aromatic carbocycles. The van der Waals surface area contributed by atoms with Crippen molar-refractivity contribution in [3.05, 3.63) is 29.8 Å². The van der Waals surface area contributed by atoms with Gasteiger partial charge in [-0.3, -0.25) is 0 Å². The first-order valence-electron chi connectivity index (χ1n) is 6.45.